The van der Waals surface area contributed by atoms with Crippen molar-refractivity contribution in [3.8, 4) is 0 Å². The fourth-order valence-electron chi connectivity index (χ4n) is 1.80. The Kier molecular flexibility index (Phi) is 5.62. The van der Waals surface area contributed by atoms with E-state index in [0.29, 0.717) is 12.8 Å². The molecule has 0 heterocycles. The molecule has 0 saturated carbocycles. The third kappa shape index (κ3) is 3.89. The van der Waals surface area contributed by atoms with Crippen molar-refractivity contribution in [1.29, 1.82) is 0 Å². The minimum absolute atomic E-state index is 0.0204. The monoisotopic (exact) mass is 315 g/mol. The van der Waals surface area contributed by atoms with Crippen LogP contribution < -0.4 is 0 Å². The first kappa shape index (κ1) is 17.3. The van der Waals surface area contributed by atoms with E-state index in [1.165, 1.54) is 14.0 Å². The van der Waals surface area contributed by atoms with Crippen LogP contribution in [0.4, 0.5) is 4.39 Å². The molecule has 5 nitrogen and oxygen atoms in total. The van der Waals surface area contributed by atoms with Crippen molar-refractivity contribution in [3.05, 3.63) is 41.7 Å². The average Bonchev–Trinajstić information content (AvgIpc) is 2.41. The van der Waals surface area contributed by atoms with E-state index in [-0.39, 0.29) is 17.0 Å². The molecule has 0 aliphatic carbocycles. The van der Waals surface area contributed by atoms with Gasteiger partial charge in [-0.2, -0.15) is 0 Å². The van der Waals surface area contributed by atoms with Crippen molar-refractivity contribution >= 4 is 16.0 Å². The first-order valence-electron chi connectivity index (χ1n) is 6.32. The highest BCUT2D eigenvalue weighted by Crippen LogP contribution is 2.22. The van der Waals surface area contributed by atoms with Crippen molar-refractivity contribution in [3.63, 3.8) is 0 Å². The van der Waals surface area contributed by atoms with Crippen LogP contribution >= 0.6 is 0 Å². The van der Waals surface area contributed by atoms with Gasteiger partial charge in [-0.15, -0.1) is 6.58 Å². The van der Waals surface area contributed by atoms with E-state index in [0.717, 1.165) is 16.4 Å². The van der Waals surface area contributed by atoms with Crippen LogP contribution in [-0.2, 0) is 10.0 Å². The topological polar surface area (TPSA) is 74.7 Å². The molecule has 0 fully saturated rings. The number of aromatic carboxylic acids is 1. The van der Waals surface area contributed by atoms with Crippen molar-refractivity contribution < 1.29 is 22.7 Å². The Morgan fingerprint density at radius 1 is 1.48 bits per heavy atom. The van der Waals surface area contributed by atoms with E-state index >= 15 is 0 Å². The zero-order chi connectivity index (χ0) is 16.2. The first-order chi connectivity index (χ1) is 9.71. The van der Waals surface area contributed by atoms with Gasteiger partial charge < -0.3 is 5.11 Å². The second kappa shape index (κ2) is 6.82. The number of unbranched alkanes of at least 4 members (excludes halogenated alkanes) is 1. The maximum absolute atomic E-state index is 13.7. The van der Waals surface area contributed by atoms with Gasteiger partial charge in [-0.3, -0.25) is 0 Å². The molecular formula is C14H18FNO4S. The first-order valence-corrected chi connectivity index (χ1v) is 7.76. The zero-order valence-electron chi connectivity index (χ0n) is 12.0. The van der Waals surface area contributed by atoms with E-state index in [9.17, 15) is 17.6 Å². The third-order valence-electron chi connectivity index (χ3n) is 3.05. The number of benzene rings is 1. The molecular weight excluding hydrogens is 297 g/mol. The summed E-state index contributed by atoms with van der Waals surface area (Å²) in [6, 6.07) is 1.99. The fourth-order valence-corrected chi connectivity index (χ4v) is 3.12. The second-order valence-corrected chi connectivity index (χ2v) is 6.71. The van der Waals surface area contributed by atoms with Gasteiger partial charge in [0.25, 0.3) is 0 Å². The molecule has 0 saturated heterocycles. The largest absolute Gasteiger partial charge is 0.478 e. The molecule has 0 unspecified atom stereocenters. The zero-order valence-corrected chi connectivity index (χ0v) is 12.8. The smallest absolute Gasteiger partial charge is 0.338 e. The molecule has 21 heavy (non-hydrogen) atoms. The van der Waals surface area contributed by atoms with Gasteiger partial charge in [0.1, 0.15) is 5.82 Å². The van der Waals surface area contributed by atoms with Crippen LogP contribution in [0.15, 0.2) is 29.7 Å². The lowest BCUT2D eigenvalue weighted by Crippen LogP contribution is -2.28. The molecule has 0 atom stereocenters. The Morgan fingerprint density at radius 3 is 2.62 bits per heavy atom. The number of nitrogens with zero attached hydrogens (tertiary/aromatic N) is 1. The standard InChI is InChI=1S/C14H18FNO4S/c1-4-5-6-7-16(3)21(19,20)11-8-10(2)13(15)12(9-11)14(17)18/h4,8-9H,1,5-7H2,2-3H3,(H,17,18). The molecule has 1 aromatic rings. The molecule has 0 amide bonds. The highest BCUT2D eigenvalue weighted by atomic mass is 32.2. The molecule has 0 aliphatic rings. The maximum Gasteiger partial charge on any atom is 0.338 e. The predicted octanol–water partition coefficient (Wildman–Crippen LogP) is 2.42. The highest BCUT2D eigenvalue weighted by Gasteiger charge is 2.24. The Morgan fingerprint density at radius 2 is 2.10 bits per heavy atom. The number of carboxylic acids is 1. The van der Waals surface area contributed by atoms with Crippen LogP contribution in [0.25, 0.3) is 0 Å². The van der Waals surface area contributed by atoms with E-state index in [2.05, 4.69) is 6.58 Å². The van der Waals surface area contributed by atoms with Crippen LogP contribution in [0.3, 0.4) is 0 Å². The van der Waals surface area contributed by atoms with Crippen LogP contribution in [0.1, 0.15) is 28.8 Å². The average molecular weight is 315 g/mol. The minimum atomic E-state index is -3.85. The number of rotatable bonds is 7. The fraction of sp³-hybridized carbons (Fsp3) is 0.357. The van der Waals surface area contributed by atoms with Gasteiger partial charge in [0, 0.05) is 13.6 Å². The van der Waals surface area contributed by atoms with Gasteiger partial charge >= 0.3 is 5.97 Å². The summed E-state index contributed by atoms with van der Waals surface area (Å²) in [5.41, 5.74) is -0.666. The number of sulfonamides is 1. The Labute approximate surface area is 123 Å². The maximum atomic E-state index is 13.7. The summed E-state index contributed by atoms with van der Waals surface area (Å²) in [6.45, 7) is 5.16. The quantitative estimate of drug-likeness (QED) is 0.619. The van der Waals surface area contributed by atoms with Crippen molar-refractivity contribution in [2.24, 2.45) is 0 Å². The lowest BCUT2D eigenvalue weighted by molar-refractivity contribution is 0.0691. The lowest BCUT2D eigenvalue weighted by Gasteiger charge is -2.17. The van der Waals surface area contributed by atoms with Gasteiger partial charge in [-0.05, 0) is 37.5 Å². The van der Waals surface area contributed by atoms with Crippen LogP contribution in [0.2, 0.25) is 0 Å². The lowest BCUT2D eigenvalue weighted by atomic mass is 10.1. The summed E-state index contributed by atoms with van der Waals surface area (Å²) in [5.74, 6) is -2.42. The van der Waals surface area contributed by atoms with Gasteiger partial charge in [-0.25, -0.2) is 21.9 Å². The van der Waals surface area contributed by atoms with Gasteiger partial charge in [0.05, 0.1) is 10.5 Å². The molecule has 116 valence electrons. The van der Waals surface area contributed by atoms with Crippen molar-refractivity contribution in [1.82, 2.24) is 4.31 Å². The van der Waals surface area contributed by atoms with E-state index in [1.807, 2.05) is 0 Å². The van der Waals surface area contributed by atoms with Gasteiger partial charge in [-0.1, -0.05) is 6.08 Å². The molecule has 0 bridgehead atoms. The van der Waals surface area contributed by atoms with E-state index in [4.69, 9.17) is 5.11 Å². The summed E-state index contributed by atoms with van der Waals surface area (Å²) < 4.78 is 39.5. The molecule has 7 heteroatoms. The van der Waals surface area contributed by atoms with Crippen LogP contribution in [0, 0.1) is 12.7 Å². The molecule has 0 aromatic heterocycles. The molecule has 0 aliphatic heterocycles. The summed E-state index contributed by atoms with van der Waals surface area (Å²) in [4.78, 5) is 10.8. The summed E-state index contributed by atoms with van der Waals surface area (Å²) in [7, 11) is -2.45. The number of allylic oxidation sites excluding steroid dienone is 1. The summed E-state index contributed by atoms with van der Waals surface area (Å²) >= 11 is 0. The Hall–Kier alpha value is -1.73. The predicted molar refractivity (Wildman–Crippen MR) is 77.3 cm³/mol. The second-order valence-electron chi connectivity index (χ2n) is 4.66. The summed E-state index contributed by atoms with van der Waals surface area (Å²) in [6.07, 6.45) is 2.96. The number of carboxylic acid groups (broad SMARTS) is 1. The third-order valence-corrected chi connectivity index (χ3v) is 4.88. The van der Waals surface area contributed by atoms with Gasteiger partial charge in [0.2, 0.25) is 10.0 Å². The van der Waals surface area contributed by atoms with Crippen LogP contribution in [-0.4, -0.2) is 37.4 Å². The van der Waals surface area contributed by atoms with E-state index in [1.54, 1.807) is 6.08 Å². The molecule has 0 radical (unpaired) electrons. The molecule has 0 spiro atoms. The van der Waals surface area contributed by atoms with Gasteiger partial charge in [0.15, 0.2) is 0 Å². The molecule has 1 rings (SSSR count). The molecule has 1 N–H and O–H groups in total. The minimum Gasteiger partial charge on any atom is -0.478 e. The van der Waals surface area contributed by atoms with E-state index < -0.39 is 27.4 Å². The number of carbonyl (C=O) groups is 1. The highest BCUT2D eigenvalue weighted by molar-refractivity contribution is 7.89. The van der Waals surface area contributed by atoms with Crippen molar-refractivity contribution in [2.75, 3.05) is 13.6 Å². The summed E-state index contributed by atoms with van der Waals surface area (Å²) in [5, 5.41) is 8.93. The Balaban J connectivity index is 3.19. The SMILES string of the molecule is C=CCCCN(C)S(=O)(=O)c1cc(C)c(F)c(C(=O)O)c1. The number of hydrogen-bond donors (Lipinski definition) is 1. The molecule has 1 aromatic carbocycles. The normalized spacial score (nSPS) is 11.6. The number of aryl methyl sites for hydroxylation is 1. The van der Waals surface area contributed by atoms with Crippen LogP contribution in [0.5, 0.6) is 0 Å². The number of hydrogen-bond acceptors (Lipinski definition) is 3. The number of halogens is 1. The van der Waals surface area contributed by atoms with Crippen molar-refractivity contribution in [2.45, 2.75) is 24.7 Å². The Bertz CT molecular complexity index is 655.